The maximum absolute atomic E-state index is 12.8. The van der Waals surface area contributed by atoms with Crippen LogP contribution in [0, 0.1) is 23.7 Å². The number of esters is 1. The second kappa shape index (κ2) is 8.93. The number of ether oxygens (including phenoxy) is 1. The second-order valence-electron chi connectivity index (χ2n) is 8.23. The number of hydrogen-bond acceptors (Lipinski definition) is 6. The maximum atomic E-state index is 12.8. The minimum atomic E-state index is -0.819. The van der Waals surface area contributed by atoms with E-state index in [2.05, 4.69) is 42.5 Å². The molecule has 4 amide bonds. The normalized spacial score (nSPS) is 30.3. The van der Waals surface area contributed by atoms with Crippen molar-refractivity contribution < 1.29 is 28.7 Å². The van der Waals surface area contributed by atoms with E-state index < -0.39 is 36.9 Å². The third kappa shape index (κ3) is 4.19. The van der Waals surface area contributed by atoms with Crippen molar-refractivity contribution in [1.29, 1.82) is 0 Å². The van der Waals surface area contributed by atoms with Gasteiger partial charge in [-0.2, -0.15) is 0 Å². The molecule has 32 heavy (non-hydrogen) atoms. The van der Waals surface area contributed by atoms with Crippen LogP contribution in [0.2, 0.25) is 0 Å². The number of alkyl halides is 2. The topological polar surface area (TPSA) is 122 Å². The van der Waals surface area contributed by atoms with Gasteiger partial charge in [0.25, 0.3) is 5.91 Å². The zero-order valence-electron chi connectivity index (χ0n) is 17.0. The van der Waals surface area contributed by atoms with E-state index in [0.29, 0.717) is 11.4 Å². The number of fused-ring (bicyclic) bond motifs is 5. The molecule has 2 saturated carbocycles. The molecular weight excluding hydrogens is 550 g/mol. The monoisotopic (exact) mass is 569 g/mol. The lowest BCUT2D eigenvalue weighted by atomic mass is 9.81. The second-order valence-corrected chi connectivity index (χ2v) is 10.3. The Balaban J connectivity index is 1.27. The van der Waals surface area contributed by atoms with Crippen molar-refractivity contribution in [2.24, 2.45) is 23.7 Å². The van der Waals surface area contributed by atoms with Crippen LogP contribution in [-0.2, 0) is 28.7 Å². The third-order valence-electron chi connectivity index (χ3n) is 6.22. The number of benzene rings is 1. The molecule has 1 saturated heterocycles. The number of anilines is 2. The summed E-state index contributed by atoms with van der Waals surface area (Å²) in [6, 6.07) is 6.42. The molecule has 0 aromatic heterocycles. The SMILES string of the molecule is CC(=O)Nc1ccc(NC(=O)COC(=O)CN2C(=O)[C@@H]3[C@H]4C[C@@H]([C@H](Br)[C@H]4Br)[C@H]3C2=O)cc1. The fourth-order valence-corrected chi connectivity index (χ4v) is 6.80. The first-order valence-corrected chi connectivity index (χ1v) is 12.0. The van der Waals surface area contributed by atoms with Crippen LogP contribution in [0.3, 0.4) is 0 Å². The zero-order valence-corrected chi connectivity index (χ0v) is 20.2. The fraction of sp³-hybridized carbons (Fsp3) is 0.476. The van der Waals surface area contributed by atoms with Gasteiger partial charge in [0.05, 0.1) is 11.8 Å². The average molecular weight is 571 g/mol. The summed E-state index contributed by atoms with van der Waals surface area (Å²) in [5.41, 5.74) is 1.04. The Labute approximate surface area is 200 Å². The molecule has 1 aromatic rings. The summed E-state index contributed by atoms with van der Waals surface area (Å²) in [6.45, 7) is 0.344. The molecular formula is C21H21Br2N3O6. The molecule has 3 fully saturated rings. The van der Waals surface area contributed by atoms with E-state index in [9.17, 15) is 24.0 Å². The molecule has 0 radical (unpaired) electrons. The van der Waals surface area contributed by atoms with Crippen LogP contribution >= 0.6 is 31.9 Å². The number of hydrogen-bond donors (Lipinski definition) is 2. The van der Waals surface area contributed by atoms with E-state index in [4.69, 9.17) is 4.74 Å². The van der Waals surface area contributed by atoms with Crippen LogP contribution in [0.4, 0.5) is 11.4 Å². The van der Waals surface area contributed by atoms with Gasteiger partial charge in [-0.1, -0.05) is 31.9 Å². The van der Waals surface area contributed by atoms with Crippen LogP contribution in [0.25, 0.3) is 0 Å². The molecule has 0 spiro atoms. The summed E-state index contributed by atoms with van der Waals surface area (Å²) in [6.07, 6.45) is 0.808. The summed E-state index contributed by atoms with van der Waals surface area (Å²) >= 11 is 7.23. The van der Waals surface area contributed by atoms with Crippen molar-refractivity contribution in [3.05, 3.63) is 24.3 Å². The number of halogens is 2. The third-order valence-corrected chi connectivity index (χ3v) is 9.43. The minimum Gasteiger partial charge on any atom is -0.454 e. The maximum Gasteiger partial charge on any atom is 0.326 e. The molecule has 1 heterocycles. The highest BCUT2D eigenvalue weighted by molar-refractivity contribution is 9.12. The molecule has 2 aliphatic carbocycles. The average Bonchev–Trinajstić information content (AvgIpc) is 3.34. The number of rotatable bonds is 6. The quantitative estimate of drug-likeness (QED) is 0.306. The van der Waals surface area contributed by atoms with Crippen molar-refractivity contribution >= 4 is 72.8 Å². The summed E-state index contributed by atoms with van der Waals surface area (Å²) in [4.78, 5) is 62.1. The van der Waals surface area contributed by atoms with Gasteiger partial charge < -0.3 is 15.4 Å². The van der Waals surface area contributed by atoms with E-state index >= 15 is 0 Å². The largest absolute Gasteiger partial charge is 0.454 e. The number of nitrogens with zero attached hydrogens (tertiary/aromatic N) is 1. The Kier molecular flexibility index (Phi) is 6.39. The van der Waals surface area contributed by atoms with Crippen molar-refractivity contribution in [1.82, 2.24) is 4.90 Å². The molecule has 1 aromatic carbocycles. The first-order valence-electron chi connectivity index (χ1n) is 10.1. The highest BCUT2D eigenvalue weighted by Crippen LogP contribution is 2.60. The van der Waals surface area contributed by atoms with Crippen molar-refractivity contribution in [2.75, 3.05) is 23.8 Å². The number of imide groups is 1. The predicted molar refractivity (Wildman–Crippen MR) is 121 cm³/mol. The number of likely N-dealkylation sites (tertiary alicyclic amines) is 1. The van der Waals surface area contributed by atoms with E-state index in [1.807, 2.05) is 0 Å². The molecule has 2 bridgehead atoms. The molecule has 2 N–H and O–H groups in total. The Morgan fingerprint density at radius 1 is 0.969 bits per heavy atom. The molecule has 1 aliphatic heterocycles. The van der Waals surface area contributed by atoms with Crippen molar-refractivity contribution in [3.8, 4) is 0 Å². The van der Waals surface area contributed by atoms with Gasteiger partial charge >= 0.3 is 5.97 Å². The van der Waals surface area contributed by atoms with Crippen molar-refractivity contribution in [2.45, 2.75) is 23.0 Å². The Bertz CT molecular complexity index is 952. The number of amides is 4. The Hall–Kier alpha value is -2.27. The molecule has 170 valence electrons. The lowest BCUT2D eigenvalue weighted by Crippen LogP contribution is -2.38. The van der Waals surface area contributed by atoms with E-state index in [0.717, 1.165) is 11.3 Å². The predicted octanol–water partition coefficient (Wildman–Crippen LogP) is 1.90. The van der Waals surface area contributed by atoms with Crippen molar-refractivity contribution in [3.63, 3.8) is 0 Å². The molecule has 9 nitrogen and oxygen atoms in total. The van der Waals surface area contributed by atoms with Gasteiger partial charge in [0.15, 0.2) is 6.61 Å². The van der Waals surface area contributed by atoms with Gasteiger partial charge in [-0.3, -0.25) is 28.9 Å². The van der Waals surface area contributed by atoms with E-state index in [1.165, 1.54) is 6.92 Å². The molecule has 6 atom stereocenters. The summed E-state index contributed by atoms with van der Waals surface area (Å²) in [5, 5.41) is 5.17. The van der Waals surface area contributed by atoms with E-state index in [1.54, 1.807) is 24.3 Å². The summed E-state index contributed by atoms with van der Waals surface area (Å²) < 4.78 is 4.97. The van der Waals surface area contributed by atoms with Gasteiger partial charge in [0.1, 0.15) is 6.54 Å². The molecule has 3 aliphatic rings. The van der Waals surface area contributed by atoms with Gasteiger partial charge in [0.2, 0.25) is 17.7 Å². The first kappa shape index (κ1) is 22.9. The Morgan fingerprint density at radius 3 is 1.97 bits per heavy atom. The molecule has 4 rings (SSSR count). The fourth-order valence-electron chi connectivity index (χ4n) is 4.92. The Morgan fingerprint density at radius 2 is 1.47 bits per heavy atom. The van der Waals surface area contributed by atoms with Gasteiger partial charge in [0, 0.05) is 28.0 Å². The summed E-state index contributed by atoms with van der Waals surface area (Å²) in [7, 11) is 0. The molecule has 11 heteroatoms. The van der Waals surface area contributed by atoms with Crippen LogP contribution in [0.5, 0.6) is 0 Å². The zero-order chi connectivity index (χ0) is 23.2. The highest BCUT2D eigenvalue weighted by atomic mass is 79.9. The lowest BCUT2D eigenvalue weighted by molar-refractivity contribution is -0.154. The molecule has 0 unspecified atom stereocenters. The van der Waals surface area contributed by atoms with Crippen LogP contribution in [0.15, 0.2) is 24.3 Å². The standard InChI is InChI=1S/C21H21Br2N3O6/c1-9(27)24-10-2-4-11(5-3-10)25-14(28)8-32-15(29)7-26-20(30)16-12-6-13(17(16)21(26)31)19(23)18(12)22/h2-5,12-13,16-19H,6-8H2,1H3,(H,24,27)(H,25,28)/t12-,13-,16-,17-,18+,19+/m1/s1. The van der Waals surface area contributed by atoms with Crippen LogP contribution in [0.1, 0.15) is 13.3 Å². The van der Waals surface area contributed by atoms with Gasteiger partial charge in [-0.25, -0.2) is 0 Å². The van der Waals surface area contributed by atoms with Gasteiger partial charge in [-0.15, -0.1) is 0 Å². The number of carbonyl (C=O) groups is 5. The van der Waals surface area contributed by atoms with E-state index in [-0.39, 0.29) is 39.2 Å². The summed E-state index contributed by atoms with van der Waals surface area (Å²) in [5.74, 6) is -2.94. The van der Waals surface area contributed by atoms with Gasteiger partial charge in [-0.05, 0) is 42.5 Å². The smallest absolute Gasteiger partial charge is 0.326 e. The number of nitrogens with one attached hydrogen (secondary N) is 2. The minimum absolute atomic E-state index is 0.0645. The highest BCUT2D eigenvalue weighted by Gasteiger charge is 2.66. The number of carbonyl (C=O) groups excluding carboxylic acids is 5. The lowest BCUT2D eigenvalue weighted by Gasteiger charge is -2.28. The first-order chi connectivity index (χ1) is 15.2. The van der Waals surface area contributed by atoms with Crippen LogP contribution < -0.4 is 10.6 Å². The van der Waals surface area contributed by atoms with Crippen LogP contribution in [-0.4, -0.2) is 57.3 Å².